The lowest BCUT2D eigenvalue weighted by atomic mass is 10.0. The van der Waals surface area contributed by atoms with Crippen LogP contribution in [0.2, 0.25) is 0 Å². The minimum atomic E-state index is -0.855. The zero-order valence-electron chi connectivity index (χ0n) is 39.7. The highest BCUT2D eigenvalue weighted by molar-refractivity contribution is 5.76. The Morgan fingerprint density at radius 1 is 0.458 bits per heavy atom. The number of nitrogens with one attached hydrogen (secondary N) is 1. The van der Waals surface area contributed by atoms with E-state index in [-0.39, 0.29) is 18.5 Å². The molecule has 2 unspecified atom stereocenters. The van der Waals surface area contributed by atoms with Gasteiger partial charge in [0.1, 0.15) is 0 Å². The quantitative estimate of drug-likeness (QED) is 0.0322. The van der Waals surface area contributed by atoms with E-state index in [1.807, 2.05) is 6.08 Å². The highest BCUT2D eigenvalue weighted by Gasteiger charge is 2.18. The molecule has 59 heavy (non-hydrogen) atoms. The predicted molar refractivity (Wildman–Crippen MR) is 255 cm³/mol. The third kappa shape index (κ3) is 45.9. The molecule has 6 heteroatoms. The van der Waals surface area contributed by atoms with E-state index >= 15 is 0 Å². The SMILES string of the molecule is CCCCCCCCCCCCCCCCCCC/C=C/C(O)C(CO)NC(=O)CCCCCCCCCCCCCOC(=O)CCCCCCCCCCCCCC. The van der Waals surface area contributed by atoms with Gasteiger partial charge in [0.05, 0.1) is 25.4 Å². The third-order valence-corrected chi connectivity index (χ3v) is 12.3. The Bertz CT molecular complexity index is 878. The fourth-order valence-corrected chi connectivity index (χ4v) is 8.22. The van der Waals surface area contributed by atoms with Crippen LogP contribution in [0.1, 0.15) is 290 Å². The van der Waals surface area contributed by atoms with Crippen molar-refractivity contribution in [2.75, 3.05) is 13.2 Å². The summed E-state index contributed by atoms with van der Waals surface area (Å²) in [7, 11) is 0. The first-order valence-electron chi connectivity index (χ1n) is 26.5. The lowest BCUT2D eigenvalue weighted by Gasteiger charge is -2.20. The summed E-state index contributed by atoms with van der Waals surface area (Å²) in [5.41, 5.74) is 0. The number of hydrogen-bond acceptors (Lipinski definition) is 5. The minimum Gasteiger partial charge on any atom is -0.466 e. The smallest absolute Gasteiger partial charge is 0.305 e. The molecule has 0 heterocycles. The normalized spacial score (nSPS) is 12.7. The van der Waals surface area contributed by atoms with Crippen molar-refractivity contribution in [1.29, 1.82) is 0 Å². The fourth-order valence-electron chi connectivity index (χ4n) is 8.22. The summed E-state index contributed by atoms with van der Waals surface area (Å²) in [5.74, 6) is -0.0985. The van der Waals surface area contributed by atoms with Gasteiger partial charge in [-0.2, -0.15) is 0 Å². The van der Waals surface area contributed by atoms with Crippen molar-refractivity contribution in [1.82, 2.24) is 5.32 Å². The van der Waals surface area contributed by atoms with Crippen LogP contribution in [0.3, 0.4) is 0 Å². The molecule has 6 nitrogen and oxygen atoms in total. The summed E-state index contributed by atoms with van der Waals surface area (Å²) in [5, 5.41) is 23.1. The minimum absolute atomic E-state index is 0.0143. The van der Waals surface area contributed by atoms with Gasteiger partial charge in [0.2, 0.25) is 5.91 Å². The van der Waals surface area contributed by atoms with Gasteiger partial charge in [-0.15, -0.1) is 0 Å². The van der Waals surface area contributed by atoms with Gasteiger partial charge in [0.15, 0.2) is 0 Å². The number of amides is 1. The van der Waals surface area contributed by atoms with Crippen molar-refractivity contribution in [3.05, 3.63) is 12.2 Å². The highest BCUT2D eigenvalue weighted by atomic mass is 16.5. The molecule has 0 rings (SSSR count). The van der Waals surface area contributed by atoms with Crippen LogP contribution in [0.5, 0.6) is 0 Å². The molecule has 0 bridgehead atoms. The molecule has 0 aromatic rings. The summed E-state index contributed by atoms with van der Waals surface area (Å²) < 4.78 is 5.45. The molecular weight excluding hydrogens is 731 g/mol. The number of ether oxygens (including phenoxy) is 1. The number of unbranched alkanes of at least 4 members (excludes halogenated alkanes) is 38. The Kier molecular flexibility index (Phi) is 48.1. The molecule has 0 aromatic carbocycles. The molecule has 0 aromatic heterocycles. The predicted octanol–water partition coefficient (Wildman–Crippen LogP) is 15.7. The van der Waals surface area contributed by atoms with Crippen molar-refractivity contribution in [3.63, 3.8) is 0 Å². The molecule has 0 fully saturated rings. The number of allylic oxidation sites excluding steroid dienone is 1. The average Bonchev–Trinajstić information content (AvgIpc) is 3.24. The molecule has 0 saturated heterocycles. The largest absolute Gasteiger partial charge is 0.466 e. The lowest BCUT2D eigenvalue weighted by Crippen LogP contribution is -2.45. The van der Waals surface area contributed by atoms with Crippen LogP contribution in [0, 0.1) is 0 Å². The summed E-state index contributed by atoms with van der Waals surface area (Å²) in [4.78, 5) is 24.4. The van der Waals surface area contributed by atoms with Gasteiger partial charge in [-0.3, -0.25) is 9.59 Å². The first-order chi connectivity index (χ1) is 29.0. The van der Waals surface area contributed by atoms with E-state index in [2.05, 4.69) is 19.2 Å². The van der Waals surface area contributed by atoms with E-state index in [1.165, 1.54) is 205 Å². The maximum absolute atomic E-state index is 12.4. The number of hydrogen-bond donors (Lipinski definition) is 3. The Morgan fingerprint density at radius 2 is 0.780 bits per heavy atom. The van der Waals surface area contributed by atoms with Gasteiger partial charge in [-0.25, -0.2) is 0 Å². The Balaban J connectivity index is 3.51. The van der Waals surface area contributed by atoms with Crippen molar-refractivity contribution in [2.24, 2.45) is 0 Å². The summed E-state index contributed by atoms with van der Waals surface area (Å²) in [6.45, 7) is 4.87. The highest BCUT2D eigenvalue weighted by Crippen LogP contribution is 2.16. The van der Waals surface area contributed by atoms with Gasteiger partial charge < -0.3 is 20.3 Å². The second kappa shape index (κ2) is 49.3. The molecule has 350 valence electrons. The van der Waals surface area contributed by atoms with E-state index in [0.29, 0.717) is 19.4 Å². The summed E-state index contributed by atoms with van der Waals surface area (Å²) in [6, 6.07) is -0.641. The topological polar surface area (TPSA) is 95.9 Å². The average molecular weight is 834 g/mol. The first-order valence-corrected chi connectivity index (χ1v) is 26.5. The van der Waals surface area contributed by atoms with E-state index in [9.17, 15) is 19.8 Å². The van der Waals surface area contributed by atoms with Crippen molar-refractivity contribution < 1.29 is 24.5 Å². The van der Waals surface area contributed by atoms with Gasteiger partial charge in [-0.1, -0.05) is 257 Å². The van der Waals surface area contributed by atoms with Gasteiger partial charge in [0, 0.05) is 12.8 Å². The maximum Gasteiger partial charge on any atom is 0.305 e. The van der Waals surface area contributed by atoms with Crippen LogP contribution in [0.25, 0.3) is 0 Å². The van der Waals surface area contributed by atoms with Crippen LogP contribution in [0.15, 0.2) is 12.2 Å². The Labute approximate surface area is 368 Å². The van der Waals surface area contributed by atoms with E-state index in [4.69, 9.17) is 4.74 Å². The van der Waals surface area contributed by atoms with Gasteiger partial charge >= 0.3 is 5.97 Å². The third-order valence-electron chi connectivity index (χ3n) is 12.3. The molecule has 2 atom stereocenters. The number of rotatable bonds is 49. The van der Waals surface area contributed by atoms with Crippen LogP contribution in [0.4, 0.5) is 0 Å². The van der Waals surface area contributed by atoms with Gasteiger partial charge in [0.25, 0.3) is 0 Å². The standard InChI is InChI=1S/C53H103NO5/c1-3-5-7-9-11-13-15-17-18-19-20-21-22-23-25-29-33-37-41-45-51(56)50(49-55)54-52(57)46-42-38-34-30-26-24-28-32-36-40-44-48-59-53(58)47-43-39-35-31-27-16-14-12-10-8-6-4-2/h41,45,50-51,55-56H,3-40,42-44,46-49H2,1-2H3,(H,54,57)/b45-41+. The second-order valence-electron chi connectivity index (χ2n) is 18.2. The van der Waals surface area contributed by atoms with E-state index in [1.54, 1.807) is 6.08 Å². The van der Waals surface area contributed by atoms with E-state index in [0.717, 1.165) is 57.8 Å². The van der Waals surface area contributed by atoms with Crippen molar-refractivity contribution in [3.8, 4) is 0 Å². The van der Waals surface area contributed by atoms with Crippen LogP contribution in [-0.4, -0.2) is 47.4 Å². The zero-order valence-corrected chi connectivity index (χ0v) is 39.7. The zero-order chi connectivity index (χ0) is 43.0. The fraction of sp³-hybridized carbons (Fsp3) is 0.925. The molecule has 0 aliphatic rings. The molecule has 1 amide bonds. The molecular formula is C53H103NO5. The molecule has 3 N–H and O–H groups in total. The van der Waals surface area contributed by atoms with Crippen LogP contribution in [-0.2, 0) is 14.3 Å². The summed E-state index contributed by atoms with van der Waals surface area (Å²) >= 11 is 0. The van der Waals surface area contributed by atoms with Crippen molar-refractivity contribution >= 4 is 11.9 Å². The van der Waals surface area contributed by atoms with Crippen LogP contribution < -0.4 is 5.32 Å². The number of esters is 1. The number of carbonyl (C=O) groups is 2. The number of carbonyl (C=O) groups excluding carboxylic acids is 2. The molecule has 0 spiro atoms. The van der Waals surface area contributed by atoms with E-state index < -0.39 is 12.1 Å². The molecule has 0 aliphatic carbocycles. The molecule has 0 radical (unpaired) electrons. The number of aliphatic hydroxyl groups excluding tert-OH is 2. The lowest BCUT2D eigenvalue weighted by molar-refractivity contribution is -0.143. The molecule has 0 saturated carbocycles. The summed E-state index contributed by atoms with van der Waals surface area (Å²) in [6.07, 6.45) is 56.4. The van der Waals surface area contributed by atoms with Crippen LogP contribution >= 0.6 is 0 Å². The maximum atomic E-state index is 12.4. The Morgan fingerprint density at radius 3 is 1.15 bits per heavy atom. The number of aliphatic hydroxyl groups is 2. The monoisotopic (exact) mass is 834 g/mol. The Hall–Kier alpha value is -1.40. The second-order valence-corrected chi connectivity index (χ2v) is 18.2. The van der Waals surface area contributed by atoms with Gasteiger partial charge in [-0.05, 0) is 32.1 Å². The van der Waals surface area contributed by atoms with Crippen molar-refractivity contribution in [2.45, 2.75) is 302 Å². The first kappa shape index (κ1) is 57.6. The molecule has 0 aliphatic heterocycles.